The highest BCUT2D eigenvalue weighted by Gasteiger charge is 2.75. The minimum atomic E-state index is -0.575. The molecule has 5 rings (SSSR count). The van der Waals surface area contributed by atoms with E-state index in [1.54, 1.807) is 0 Å². The summed E-state index contributed by atoms with van der Waals surface area (Å²) in [6, 6.07) is 0. The summed E-state index contributed by atoms with van der Waals surface area (Å²) in [5.41, 5.74) is 0.264. The lowest BCUT2D eigenvalue weighted by atomic mass is 9.38. The van der Waals surface area contributed by atoms with Crippen LogP contribution in [0.1, 0.15) is 72.6 Å². The third kappa shape index (κ3) is 2.15. The van der Waals surface area contributed by atoms with E-state index in [1.165, 1.54) is 26.2 Å². The molecule has 0 aromatic carbocycles. The first-order valence-corrected chi connectivity index (χ1v) is 10.7. The van der Waals surface area contributed by atoms with Crippen LogP contribution < -0.4 is 0 Å². The van der Waals surface area contributed by atoms with Crippen molar-refractivity contribution in [2.75, 3.05) is 0 Å². The third-order valence-corrected chi connectivity index (χ3v) is 9.21. The molecule has 5 heteroatoms. The summed E-state index contributed by atoms with van der Waals surface area (Å²) in [5.74, 6) is 0.604. The molecule has 0 N–H and O–H groups in total. The maximum atomic E-state index is 12.5. The van der Waals surface area contributed by atoms with Crippen LogP contribution in [-0.4, -0.2) is 24.5 Å². The number of ether oxygens (including phenoxy) is 3. The maximum Gasteiger partial charge on any atom is 0.311 e. The van der Waals surface area contributed by atoms with Gasteiger partial charge in [-0.2, -0.15) is 0 Å². The summed E-state index contributed by atoms with van der Waals surface area (Å²) in [6.07, 6.45) is 6.61. The van der Waals surface area contributed by atoms with E-state index in [-0.39, 0.29) is 34.6 Å². The molecule has 2 aliphatic heterocycles. The second-order valence-electron chi connectivity index (χ2n) is 10.7. The van der Waals surface area contributed by atoms with Gasteiger partial charge in [0.05, 0.1) is 5.92 Å². The molecular weight excluding hydrogens is 344 g/mol. The number of rotatable bonds is 1. The molecule has 5 nitrogen and oxygen atoms in total. The van der Waals surface area contributed by atoms with Gasteiger partial charge in [-0.1, -0.05) is 27.2 Å². The van der Waals surface area contributed by atoms with Gasteiger partial charge in [0.15, 0.2) is 0 Å². The summed E-state index contributed by atoms with van der Waals surface area (Å²) in [5, 5.41) is 0. The second kappa shape index (κ2) is 5.49. The average molecular weight is 376 g/mol. The van der Waals surface area contributed by atoms with Crippen LogP contribution in [0.15, 0.2) is 0 Å². The molecule has 3 saturated carbocycles. The zero-order valence-corrected chi connectivity index (χ0v) is 17.0. The highest BCUT2D eigenvalue weighted by Crippen LogP contribution is 2.73. The van der Waals surface area contributed by atoms with Crippen LogP contribution in [0.3, 0.4) is 0 Å². The predicted octanol–water partition coefficient (Wildman–Crippen LogP) is 4.04. The van der Waals surface area contributed by atoms with Gasteiger partial charge < -0.3 is 14.2 Å². The highest BCUT2D eigenvalue weighted by atomic mass is 16.8. The molecular formula is C22H32O5. The van der Waals surface area contributed by atoms with E-state index >= 15 is 0 Å². The van der Waals surface area contributed by atoms with Crippen molar-refractivity contribution in [3.8, 4) is 0 Å². The Kier molecular flexibility index (Phi) is 3.65. The molecule has 3 aliphatic carbocycles. The van der Waals surface area contributed by atoms with Crippen molar-refractivity contribution >= 4 is 11.9 Å². The fraction of sp³-hybridized carbons (Fsp3) is 0.909. The second-order valence-corrected chi connectivity index (χ2v) is 10.7. The predicted molar refractivity (Wildman–Crippen MR) is 97.1 cm³/mol. The maximum absolute atomic E-state index is 12.5. The number of hydrogen-bond acceptors (Lipinski definition) is 5. The van der Waals surface area contributed by atoms with Gasteiger partial charge in [-0.3, -0.25) is 9.59 Å². The number of carbonyl (C=O) groups is 2. The Morgan fingerprint density at radius 3 is 2.59 bits per heavy atom. The van der Waals surface area contributed by atoms with Gasteiger partial charge in [-0.15, -0.1) is 0 Å². The molecule has 8 atom stereocenters. The van der Waals surface area contributed by atoms with E-state index in [4.69, 9.17) is 14.2 Å². The smallest absolute Gasteiger partial charge is 0.311 e. The van der Waals surface area contributed by atoms with Crippen LogP contribution in [0.25, 0.3) is 0 Å². The summed E-state index contributed by atoms with van der Waals surface area (Å²) >= 11 is 0. The Labute approximate surface area is 161 Å². The molecule has 2 saturated heterocycles. The number of fused-ring (bicyclic) bond motifs is 2. The normalized spacial score (nSPS) is 52.4. The Hall–Kier alpha value is -1.10. The van der Waals surface area contributed by atoms with Crippen molar-refractivity contribution in [1.82, 2.24) is 0 Å². The van der Waals surface area contributed by atoms with Crippen LogP contribution in [-0.2, 0) is 23.8 Å². The van der Waals surface area contributed by atoms with Gasteiger partial charge >= 0.3 is 11.9 Å². The highest BCUT2D eigenvalue weighted by molar-refractivity contribution is 5.76. The molecule has 2 heterocycles. The summed E-state index contributed by atoms with van der Waals surface area (Å²) in [6.45, 7) is 8.78. The van der Waals surface area contributed by atoms with Gasteiger partial charge in [0.2, 0.25) is 12.6 Å². The van der Waals surface area contributed by atoms with Gasteiger partial charge in [0, 0.05) is 18.3 Å². The van der Waals surface area contributed by atoms with Crippen LogP contribution >= 0.6 is 0 Å². The lowest BCUT2D eigenvalue weighted by Gasteiger charge is -2.65. The monoisotopic (exact) mass is 376 g/mol. The Bertz CT molecular complexity index is 686. The molecule has 0 aromatic rings. The zero-order chi connectivity index (χ0) is 19.2. The summed E-state index contributed by atoms with van der Waals surface area (Å²) < 4.78 is 17.5. The van der Waals surface area contributed by atoms with Crippen molar-refractivity contribution in [2.24, 2.45) is 39.9 Å². The summed E-state index contributed by atoms with van der Waals surface area (Å²) in [7, 11) is 0. The van der Waals surface area contributed by atoms with Gasteiger partial charge in [0.25, 0.3) is 0 Å². The largest absolute Gasteiger partial charge is 0.435 e. The van der Waals surface area contributed by atoms with Gasteiger partial charge in [-0.05, 0) is 61.2 Å². The van der Waals surface area contributed by atoms with E-state index in [0.717, 1.165) is 25.7 Å². The standard InChI is InChI=1S/C22H32O5/c1-12(23)25-19-22-11-8-14-20(2,3)9-5-10-21(14,4)15(22)7-6-13-16(22)18(27-19)26-17(13)24/h13-16,18-19H,5-11H2,1-4H3/t13-,14-,15+,16-,18?,19-,21-,22-/m0/s1. The van der Waals surface area contributed by atoms with Crippen molar-refractivity contribution in [1.29, 1.82) is 0 Å². The Morgan fingerprint density at radius 1 is 1.07 bits per heavy atom. The third-order valence-electron chi connectivity index (χ3n) is 9.21. The van der Waals surface area contributed by atoms with Crippen LogP contribution in [0.5, 0.6) is 0 Å². The molecule has 1 spiro atoms. The van der Waals surface area contributed by atoms with E-state index < -0.39 is 12.6 Å². The zero-order valence-electron chi connectivity index (χ0n) is 17.0. The number of esters is 2. The minimum Gasteiger partial charge on any atom is -0.435 e. The minimum absolute atomic E-state index is 0.0379. The Morgan fingerprint density at radius 2 is 1.85 bits per heavy atom. The molecule has 5 fully saturated rings. The van der Waals surface area contributed by atoms with Crippen molar-refractivity contribution < 1.29 is 23.8 Å². The van der Waals surface area contributed by atoms with E-state index in [2.05, 4.69) is 20.8 Å². The first kappa shape index (κ1) is 18.0. The first-order valence-electron chi connectivity index (χ1n) is 10.7. The number of carbonyl (C=O) groups excluding carboxylic acids is 2. The lowest BCUT2D eigenvalue weighted by molar-refractivity contribution is -0.251. The molecule has 150 valence electrons. The van der Waals surface area contributed by atoms with Crippen LogP contribution in [0, 0.1) is 39.9 Å². The van der Waals surface area contributed by atoms with Crippen molar-refractivity contribution in [3.05, 3.63) is 0 Å². The van der Waals surface area contributed by atoms with Crippen molar-refractivity contribution in [3.63, 3.8) is 0 Å². The van der Waals surface area contributed by atoms with Gasteiger partial charge in [-0.25, -0.2) is 0 Å². The van der Waals surface area contributed by atoms with Crippen LogP contribution in [0.2, 0.25) is 0 Å². The SMILES string of the molecule is CC(=O)O[C@H]1OC2OC(=O)[C@H]3CC[C@@H]4[C@@]5(C)CCCC(C)(C)[C@@H]5CC[C@]14[C@H]23. The number of hydrogen-bond donors (Lipinski definition) is 0. The Balaban J connectivity index is 1.61. The summed E-state index contributed by atoms with van der Waals surface area (Å²) in [4.78, 5) is 24.3. The van der Waals surface area contributed by atoms with Crippen LogP contribution in [0.4, 0.5) is 0 Å². The lowest BCUT2D eigenvalue weighted by Crippen LogP contribution is -2.62. The molecule has 0 radical (unpaired) electrons. The van der Waals surface area contributed by atoms with Gasteiger partial charge in [0.1, 0.15) is 0 Å². The molecule has 5 aliphatic rings. The quantitative estimate of drug-likeness (QED) is 0.646. The fourth-order valence-corrected chi connectivity index (χ4v) is 8.45. The van der Waals surface area contributed by atoms with E-state index in [1.807, 2.05) is 0 Å². The first-order chi connectivity index (χ1) is 12.7. The average Bonchev–Trinajstić information content (AvgIpc) is 3.04. The molecule has 0 aromatic heterocycles. The van der Waals surface area contributed by atoms with E-state index in [0.29, 0.717) is 17.3 Å². The van der Waals surface area contributed by atoms with Crippen molar-refractivity contribution in [2.45, 2.75) is 85.2 Å². The molecule has 1 unspecified atom stereocenters. The molecule has 27 heavy (non-hydrogen) atoms. The van der Waals surface area contributed by atoms with E-state index in [9.17, 15) is 9.59 Å². The molecule has 0 bridgehead atoms. The molecule has 0 amide bonds. The topological polar surface area (TPSA) is 61.8 Å². The fourth-order valence-electron chi connectivity index (χ4n) is 8.45.